The van der Waals surface area contributed by atoms with Crippen molar-refractivity contribution < 1.29 is 23.6 Å². The zero-order chi connectivity index (χ0) is 34.9. The van der Waals surface area contributed by atoms with Gasteiger partial charge in [-0.2, -0.15) is 0 Å². The van der Waals surface area contributed by atoms with E-state index in [0.29, 0.717) is 62.2 Å². The summed E-state index contributed by atoms with van der Waals surface area (Å²) in [6.07, 6.45) is 6.40. The molecule has 4 aliphatic heterocycles. The molecule has 2 saturated heterocycles. The van der Waals surface area contributed by atoms with Crippen LogP contribution in [0.15, 0.2) is 24.3 Å². The Morgan fingerprint density at radius 1 is 1.00 bits per heavy atom. The molecule has 0 aliphatic carbocycles. The summed E-state index contributed by atoms with van der Waals surface area (Å²) in [5, 5.41) is 10.1. The van der Waals surface area contributed by atoms with Crippen LogP contribution in [0, 0.1) is 24.6 Å². The van der Waals surface area contributed by atoms with Crippen LogP contribution in [-0.4, -0.2) is 89.8 Å². The molecule has 268 valence electrons. The van der Waals surface area contributed by atoms with Crippen molar-refractivity contribution >= 4 is 35.0 Å². The third-order valence-electron chi connectivity index (χ3n) is 10.5. The molecule has 4 aliphatic rings. The average molecular weight is 697 g/mol. The summed E-state index contributed by atoms with van der Waals surface area (Å²) >= 11 is 1.65. The highest BCUT2D eigenvalue weighted by Crippen LogP contribution is 2.35. The number of unbranched alkanes of at least 4 members (excludes halogenated alkanes) is 1. The summed E-state index contributed by atoms with van der Waals surface area (Å²) in [6, 6.07) is 5.50. The molecule has 1 aromatic carbocycles. The third-order valence-corrected chi connectivity index (χ3v) is 11.7. The van der Waals surface area contributed by atoms with Crippen molar-refractivity contribution in [2.75, 3.05) is 39.3 Å². The first-order valence-electron chi connectivity index (χ1n) is 18.1. The number of likely N-dealkylation sites (tertiary alicyclic amines) is 1. The van der Waals surface area contributed by atoms with Gasteiger partial charge in [-0.15, -0.1) is 11.3 Å². The number of halogens is 1. The maximum absolute atomic E-state index is 13.5. The van der Waals surface area contributed by atoms with E-state index in [1.807, 2.05) is 11.8 Å². The Hall–Kier alpha value is -3.38. The third kappa shape index (κ3) is 10.6. The summed E-state index contributed by atoms with van der Waals surface area (Å²) in [7, 11) is 0. The van der Waals surface area contributed by atoms with E-state index in [9.17, 15) is 23.6 Å². The minimum absolute atomic E-state index is 0.107. The molecule has 0 spiro atoms. The van der Waals surface area contributed by atoms with E-state index in [1.54, 1.807) is 11.3 Å². The molecule has 3 atom stereocenters. The van der Waals surface area contributed by atoms with Crippen LogP contribution in [0.3, 0.4) is 0 Å². The molecule has 5 heterocycles. The number of aryl methyl sites for hydroxylation is 1. The number of carbonyl (C=O) groups is 4. The molecule has 3 N–H and O–H groups in total. The standard InChI is InChI=1S/C37H53FN6O4S/c1-24(2)44-19-14-28-20-35(47)43-17-12-27(13-18-43)37-42-32(25(3)49-37)22-34(46)41-31(21-33(45)39-16-11-29(28)23-44)6-4-5-15-40-36(48)26-7-9-30(38)10-8-26/h7-10,24,27-29,31H,4-6,11-23H2,1-3H3,(H,39,45)(H,40,48)(H,41,46)/t28-,29-,31-/m0/s1. The SMILES string of the molecule is Cc1sc2nc1CC(=O)N[C@@H](CCCCNC(=O)c1ccc(F)cc1)CC(=O)NCC[C@H]1CN(C(C)C)CC[C@H]1CC(=O)N1CCC2CC1. The Labute approximate surface area is 294 Å². The topological polar surface area (TPSA) is 124 Å². The normalized spacial score (nSPS) is 24.7. The second-order valence-corrected chi connectivity index (χ2v) is 15.6. The molecule has 0 saturated carbocycles. The summed E-state index contributed by atoms with van der Waals surface area (Å²) < 4.78 is 13.2. The number of rotatable bonds is 7. The minimum Gasteiger partial charge on any atom is -0.356 e. The quantitative estimate of drug-likeness (QED) is 0.365. The monoisotopic (exact) mass is 696 g/mol. The van der Waals surface area contributed by atoms with Gasteiger partial charge >= 0.3 is 0 Å². The molecule has 2 fully saturated rings. The molecule has 0 radical (unpaired) electrons. The second-order valence-electron chi connectivity index (χ2n) is 14.4. The van der Waals surface area contributed by atoms with E-state index in [1.165, 1.54) is 24.3 Å². The largest absolute Gasteiger partial charge is 0.356 e. The molecule has 4 amide bonds. The van der Waals surface area contributed by atoms with Crippen molar-refractivity contribution in [3.63, 3.8) is 0 Å². The van der Waals surface area contributed by atoms with E-state index in [-0.39, 0.29) is 48.4 Å². The van der Waals surface area contributed by atoms with E-state index < -0.39 is 5.82 Å². The average Bonchev–Trinajstić information content (AvgIpc) is 3.44. The smallest absolute Gasteiger partial charge is 0.251 e. The molecule has 0 unspecified atom stereocenters. The molecule has 10 nitrogen and oxygen atoms in total. The molecule has 12 heteroatoms. The number of aromatic nitrogens is 1. The number of carbonyl (C=O) groups excluding carboxylic acids is 4. The number of fused-ring (bicyclic) bond motifs is 11. The van der Waals surface area contributed by atoms with E-state index in [2.05, 4.69) is 34.7 Å². The molecule has 4 bridgehead atoms. The molecular weight excluding hydrogens is 644 g/mol. The van der Waals surface area contributed by atoms with Crippen LogP contribution in [0.2, 0.25) is 0 Å². The fourth-order valence-corrected chi connectivity index (χ4v) is 8.57. The number of hydrogen-bond donors (Lipinski definition) is 3. The van der Waals surface area contributed by atoms with Gasteiger partial charge in [-0.05, 0) is 108 Å². The number of hydrogen-bond acceptors (Lipinski definition) is 7. The maximum atomic E-state index is 13.5. The highest BCUT2D eigenvalue weighted by atomic mass is 32.1. The Morgan fingerprint density at radius 2 is 1.76 bits per heavy atom. The molecule has 6 rings (SSSR count). The predicted octanol–water partition coefficient (Wildman–Crippen LogP) is 4.57. The van der Waals surface area contributed by atoms with E-state index >= 15 is 0 Å². The van der Waals surface area contributed by atoms with Crippen LogP contribution in [0.4, 0.5) is 4.39 Å². The number of thiazole rings is 1. The van der Waals surface area contributed by atoms with Crippen LogP contribution >= 0.6 is 11.3 Å². The molecule has 49 heavy (non-hydrogen) atoms. The summed E-state index contributed by atoms with van der Waals surface area (Å²) in [6.45, 7) is 10.8. The van der Waals surface area contributed by atoms with Gasteiger partial charge in [-0.25, -0.2) is 9.37 Å². The first-order valence-corrected chi connectivity index (χ1v) is 18.9. The lowest BCUT2D eigenvalue weighted by molar-refractivity contribution is -0.134. The maximum Gasteiger partial charge on any atom is 0.251 e. The van der Waals surface area contributed by atoms with Gasteiger partial charge in [-0.1, -0.05) is 0 Å². The Morgan fingerprint density at radius 3 is 2.49 bits per heavy atom. The van der Waals surface area contributed by atoms with Crippen molar-refractivity contribution in [2.24, 2.45) is 11.8 Å². The highest BCUT2D eigenvalue weighted by molar-refractivity contribution is 7.11. The van der Waals surface area contributed by atoms with Gasteiger partial charge in [0, 0.05) is 74.0 Å². The Kier molecular flexibility index (Phi) is 13.2. The Bertz CT molecular complexity index is 1440. The number of nitrogens with one attached hydrogen (secondary N) is 3. The fraction of sp³-hybridized carbons (Fsp3) is 0.649. The van der Waals surface area contributed by atoms with Crippen LogP contribution in [0.1, 0.15) is 103 Å². The van der Waals surface area contributed by atoms with Gasteiger partial charge in [0.05, 0.1) is 17.1 Å². The molecule has 1 aromatic heterocycles. The van der Waals surface area contributed by atoms with E-state index in [4.69, 9.17) is 4.98 Å². The van der Waals surface area contributed by atoms with Crippen molar-refractivity contribution in [2.45, 2.75) is 103 Å². The summed E-state index contributed by atoms with van der Waals surface area (Å²) in [5.74, 6) is 0.229. The van der Waals surface area contributed by atoms with Gasteiger partial charge < -0.3 is 25.8 Å². The lowest BCUT2D eigenvalue weighted by atomic mass is 9.80. The number of piperidine rings is 2. The molecule has 2 aromatic rings. The lowest BCUT2D eigenvalue weighted by Gasteiger charge is -2.41. The van der Waals surface area contributed by atoms with Crippen LogP contribution in [0.5, 0.6) is 0 Å². The minimum atomic E-state index is -0.392. The highest BCUT2D eigenvalue weighted by Gasteiger charge is 2.34. The van der Waals surface area contributed by atoms with Gasteiger partial charge in [0.15, 0.2) is 0 Å². The Balaban J connectivity index is 1.24. The summed E-state index contributed by atoms with van der Waals surface area (Å²) in [5.41, 5.74) is 1.17. The number of amides is 4. The first-order chi connectivity index (χ1) is 23.5. The first kappa shape index (κ1) is 36.9. The molecular formula is C37H53FN6O4S. The van der Waals surface area contributed by atoms with Crippen molar-refractivity contribution in [3.8, 4) is 0 Å². The van der Waals surface area contributed by atoms with Gasteiger partial charge in [0.25, 0.3) is 5.91 Å². The lowest BCUT2D eigenvalue weighted by Crippen LogP contribution is -2.47. The predicted molar refractivity (Wildman–Crippen MR) is 189 cm³/mol. The van der Waals surface area contributed by atoms with Gasteiger partial charge in [0.1, 0.15) is 5.82 Å². The zero-order valence-corrected chi connectivity index (χ0v) is 30.1. The van der Waals surface area contributed by atoms with Gasteiger partial charge in [0.2, 0.25) is 17.7 Å². The van der Waals surface area contributed by atoms with Gasteiger partial charge in [-0.3, -0.25) is 19.2 Å². The fourth-order valence-electron chi connectivity index (χ4n) is 7.46. The van der Waals surface area contributed by atoms with Crippen molar-refractivity contribution in [1.29, 1.82) is 0 Å². The van der Waals surface area contributed by atoms with Crippen molar-refractivity contribution in [1.82, 2.24) is 30.7 Å². The number of nitrogens with zero attached hydrogens (tertiary/aromatic N) is 3. The summed E-state index contributed by atoms with van der Waals surface area (Å²) in [4.78, 5) is 62.9. The van der Waals surface area contributed by atoms with E-state index in [0.717, 1.165) is 67.4 Å². The second kappa shape index (κ2) is 17.5. The van der Waals surface area contributed by atoms with Crippen LogP contribution in [0.25, 0.3) is 0 Å². The number of benzene rings is 1. The van der Waals surface area contributed by atoms with Crippen LogP contribution in [-0.2, 0) is 20.8 Å². The van der Waals surface area contributed by atoms with Crippen molar-refractivity contribution in [3.05, 3.63) is 51.2 Å². The zero-order valence-electron chi connectivity index (χ0n) is 29.3. The van der Waals surface area contributed by atoms with Crippen LogP contribution < -0.4 is 16.0 Å².